The molecule has 10 heteroatoms. The van der Waals surface area contributed by atoms with Crippen molar-refractivity contribution in [1.82, 2.24) is 15.5 Å². The smallest absolute Gasteiger partial charge is 0.410 e. The van der Waals surface area contributed by atoms with Crippen molar-refractivity contribution >= 4 is 45.9 Å². The van der Waals surface area contributed by atoms with Crippen LogP contribution in [0.3, 0.4) is 0 Å². The van der Waals surface area contributed by atoms with Crippen molar-refractivity contribution in [3.63, 3.8) is 0 Å². The highest BCUT2D eigenvalue weighted by atomic mass is 127. The predicted molar refractivity (Wildman–Crippen MR) is 129 cm³/mol. The average Bonchev–Trinajstić information content (AvgIpc) is 2.60. The van der Waals surface area contributed by atoms with E-state index in [1.165, 1.54) is 0 Å². The van der Waals surface area contributed by atoms with Crippen LogP contribution in [0.25, 0.3) is 0 Å². The van der Waals surface area contributed by atoms with Crippen LogP contribution >= 0.6 is 24.0 Å². The Morgan fingerprint density at radius 2 is 1.87 bits per heavy atom. The van der Waals surface area contributed by atoms with Crippen molar-refractivity contribution < 1.29 is 17.9 Å². The summed E-state index contributed by atoms with van der Waals surface area (Å²) in [7, 11) is -3.29. The van der Waals surface area contributed by atoms with Gasteiger partial charge in [-0.3, -0.25) is 4.99 Å². The molecule has 2 N–H and O–H groups in total. The maximum atomic E-state index is 12.3. The summed E-state index contributed by atoms with van der Waals surface area (Å²) in [6, 6.07) is 8.54. The van der Waals surface area contributed by atoms with Crippen LogP contribution in [0.4, 0.5) is 4.79 Å². The molecule has 1 fully saturated rings. The summed E-state index contributed by atoms with van der Waals surface area (Å²) < 4.78 is 30.0. The molecule has 1 amide bonds. The summed E-state index contributed by atoms with van der Waals surface area (Å²) in [5, 5.41) is 6.42. The van der Waals surface area contributed by atoms with Crippen molar-refractivity contribution in [2.75, 3.05) is 31.9 Å². The fourth-order valence-corrected chi connectivity index (χ4v) is 4.07. The van der Waals surface area contributed by atoms with Gasteiger partial charge in [-0.25, -0.2) is 13.2 Å². The number of nitrogens with one attached hydrogen (secondary N) is 2. The first-order valence-electron chi connectivity index (χ1n) is 9.91. The minimum Gasteiger partial charge on any atom is -0.444 e. The van der Waals surface area contributed by atoms with Crippen molar-refractivity contribution in [2.45, 2.75) is 50.7 Å². The normalized spacial score (nSPS) is 15.1. The molecule has 0 aromatic heterocycles. The van der Waals surface area contributed by atoms with Gasteiger partial charge in [-0.2, -0.15) is 0 Å². The number of carbonyl (C=O) groups is 1. The van der Waals surface area contributed by atoms with Crippen molar-refractivity contribution in [2.24, 2.45) is 4.99 Å². The number of benzene rings is 1. The average molecular weight is 552 g/mol. The molecule has 0 unspecified atom stereocenters. The zero-order chi connectivity index (χ0) is 21.5. The SMILES string of the molecule is CCNC(=NCCCS(=O)(=O)c1ccccc1)NC1CN(C(=O)OC(C)(C)C)C1.I. The number of hydrogen-bond acceptors (Lipinski definition) is 5. The number of amides is 1. The Labute approximate surface area is 196 Å². The number of hydrogen-bond donors (Lipinski definition) is 2. The van der Waals surface area contributed by atoms with Crippen LogP contribution in [0.1, 0.15) is 34.1 Å². The van der Waals surface area contributed by atoms with E-state index in [4.69, 9.17) is 4.74 Å². The number of likely N-dealkylation sites (tertiary alicyclic amines) is 1. The van der Waals surface area contributed by atoms with E-state index >= 15 is 0 Å². The van der Waals surface area contributed by atoms with E-state index in [0.717, 1.165) is 0 Å². The molecule has 1 aromatic rings. The number of nitrogens with zero attached hydrogens (tertiary/aromatic N) is 2. The topological polar surface area (TPSA) is 100 Å². The van der Waals surface area contributed by atoms with Crippen molar-refractivity contribution in [1.29, 1.82) is 0 Å². The molecule has 8 nitrogen and oxygen atoms in total. The quantitative estimate of drug-likeness (QED) is 0.234. The van der Waals surface area contributed by atoms with Gasteiger partial charge in [0.25, 0.3) is 0 Å². The molecule has 2 rings (SSSR count). The lowest BCUT2D eigenvalue weighted by Crippen LogP contribution is -2.63. The molecule has 0 saturated carbocycles. The van der Waals surface area contributed by atoms with Gasteiger partial charge in [0.2, 0.25) is 0 Å². The Morgan fingerprint density at radius 1 is 1.23 bits per heavy atom. The highest BCUT2D eigenvalue weighted by molar-refractivity contribution is 14.0. The van der Waals surface area contributed by atoms with Gasteiger partial charge in [0, 0.05) is 26.2 Å². The molecule has 0 atom stereocenters. The molecule has 30 heavy (non-hydrogen) atoms. The Hall–Kier alpha value is -1.56. The Kier molecular flexibility index (Phi) is 10.4. The second kappa shape index (κ2) is 11.7. The number of ether oxygens (including phenoxy) is 1. The fraction of sp³-hybridized carbons (Fsp3) is 0.600. The summed E-state index contributed by atoms with van der Waals surface area (Å²) in [5.74, 6) is 0.675. The van der Waals surface area contributed by atoms with Crippen molar-refractivity contribution in [3.8, 4) is 0 Å². The molecular weight excluding hydrogens is 519 g/mol. The van der Waals surface area contributed by atoms with E-state index in [0.29, 0.717) is 43.5 Å². The van der Waals surface area contributed by atoms with Gasteiger partial charge >= 0.3 is 6.09 Å². The van der Waals surface area contributed by atoms with Crippen LogP contribution in [0.5, 0.6) is 0 Å². The first kappa shape index (κ1) is 26.5. The number of rotatable bonds is 7. The fourth-order valence-electron chi connectivity index (χ4n) is 2.75. The molecule has 1 saturated heterocycles. The summed E-state index contributed by atoms with van der Waals surface area (Å²) in [6.45, 7) is 9.66. The van der Waals surface area contributed by atoms with E-state index < -0.39 is 15.4 Å². The third kappa shape index (κ3) is 8.66. The zero-order valence-electron chi connectivity index (χ0n) is 18.1. The lowest BCUT2D eigenvalue weighted by Gasteiger charge is -2.40. The molecule has 1 aliphatic heterocycles. The van der Waals surface area contributed by atoms with E-state index in [9.17, 15) is 13.2 Å². The van der Waals surface area contributed by atoms with Gasteiger partial charge in [0.05, 0.1) is 16.7 Å². The van der Waals surface area contributed by atoms with E-state index in [2.05, 4.69) is 15.6 Å². The monoisotopic (exact) mass is 552 g/mol. The molecule has 0 radical (unpaired) electrons. The molecule has 1 aromatic carbocycles. The maximum absolute atomic E-state index is 12.3. The maximum Gasteiger partial charge on any atom is 0.410 e. The highest BCUT2D eigenvalue weighted by Gasteiger charge is 2.34. The molecule has 0 spiro atoms. The standard InChI is InChI=1S/C20H32N4O4S.HI/c1-5-21-18(23-16-14-24(15-16)19(25)28-20(2,3)4)22-12-9-13-29(26,27)17-10-7-6-8-11-17;/h6-8,10-11,16H,5,9,12-15H2,1-4H3,(H2,21,22,23);1H. The third-order valence-corrected chi connectivity index (χ3v) is 5.98. The van der Waals surface area contributed by atoms with Crippen LogP contribution in [0.15, 0.2) is 40.2 Å². The third-order valence-electron chi connectivity index (χ3n) is 4.16. The second-order valence-electron chi connectivity index (χ2n) is 7.97. The van der Waals surface area contributed by atoms with Gasteiger partial charge in [0.15, 0.2) is 15.8 Å². The molecule has 1 aliphatic rings. The van der Waals surface area contributed by atoms with Gasteiger partial charge in [-0.1, -0.05) is 18.2 Å². The lowest BCUT2D eigenvalue weighted by atomic mass is 10.1. The Balaban J connectivity index is 0.00000450. The van der Waals surface area contributed by atoms with Gasteiger partial charge < -0.3 is 20.3 Å². The summed E-state index contributed by atoms with van der Waals surface area (Å²) >= 11 is 0. The second-order valence-corrected chi connectivity index (χ2v) is 10.1. The van der Waals surface area contributed by atoms with E-state index in [1.807, 2.05) is 27.7 Å². The number of aliphatic imine (C=N–C) groups is 1. The van der Waals surface area contributed by atoms with Crippen molar-refractivity contribution in [3.05, 3.63) is 30.3 Å². The van der Waals surface area contributed by atoms with E-state index in [1.54, 1.807) is 35.2 Å². The zero-order valence-corrected chi connectivity index (χ0v) is 21.2. The first-order valence-corrected chi connectivity index (χ1v) is 11.6. The summed E-state index contributed by atoms with van der Waals surface area (Å²) in [4.78, 5) is 18.4. The molecule has 170 valence electrons. The Morgan fingerprint density at radius 3 is 2.43 bits per heavy atom. The number of carbonyl (C=O) groups excluding carboxylic acids is 1. The molecule has 0 aliphatic carbocycles. The minimum absolute atomic E-state index is 0. The number of sulfone groups is 1. The van der Waals surface area contributed by atoms with E-state index in [-0.39, 0.29) is 41.9 Å². The Bertz CT molecular complexity index is 804. The van der Waals surface area contributed by atoms with Crippen LogP contribution < -0.4 is 10.6 Å². The van der Waals surface area contributed by atoms with Gasteiger partial charge in [-0.05, 0) is 46.2 Å². The molecular formula is C20H33IN4O4S. The van der Waals surface area contributed by atoms with Crippen LogP contribution in [-0.4, -0.2) is 68.9 Å². The van der Waals surface area contributed by atoms with Crippen LogP contribution in [0, 0.1) is 0 Å². The minimum atomic E-state index is -3.29. The molecule has 0 bridgehead atoms. The van der Waals surface area contributed by atoms with Gasteiger partial charge in [-0.15, -0.1) is 24.0 Å². The van der Waals surface area contributed by atoms with Crippen LogP contribution in [0.2, 0.25) is 0 Å². The molecule has 1 heterocycles. The summed E-state index contributed by atoms with van der Waals surface area (Å²) in [5.41, 5.74) is -0.508. The predicted octanol–water partition coefficient (Wildman–Crippen LogP) is 2.64. The highest BCUT2D eigenvalue weighted by Crippen LogP contribution is 2.15. The lowest BCUT2D eigenvalue weighted by molar-refractivity contribution is 0.00700. The first-order chi connectivity index (χ1) is 13.6. The summed E-state index contributed by atoms with van der Waals surface area (Å²) in [6.07, 6.45) is 0.117. The van der Waals surface area contributed by atoms with Gasteiger partial charge in [0.1, 0.15) is 5.60 Å². The number of halogens is 1. The number of guanidine groups is 1. The largest absolute Gasteiger partial charge is 0.444 e. The van der Waals surface area contributed by atoms with Crippen LogP contribution in [-0.2, 0) is 14.6 Å².